The van der Waals surface area contributed by atoms with Crippen LogP contribution in [-0.2, 0) is 0 Å². The summed E-state index contributed by atoms with van der Waals surface area (Å²) in [6.07, 6.45) is 7.19. The molecule has 8 nitrogen and oxygen atoms in total. The Morgan fingerprint density at radius 3 is 2.72 bits per heavy atom. The zero-order valence-corrected chi connectivity index (χ0v) is 17.2. The molecule has 2 N–H and O–H groups in total. The minimum atomic E-state index is -0.170. The number of imidazole rings is 1. The first kappa shape index (κ1) is 18.8. The van der Waals surface area contributed by atoms with E-state index in [1.165, 1.54) is 6.20 Å². The molecule has 0 radical (unpaired) electrons. The second-order valence-electron chi connectivity index (χ2n) is 9.04. The Labute approximate surface area is 182 Å². The minimum Gasteiger partial charge on any atom is -0.348 e. The van der Waals surface area contributed by atoms with E-state index in [2.05, 4.69) is 26.6 Å². The van der Waals surface area contributed by atoms with E-state index in [1.54, 1.807) is 22.7 Å². The van der Waals surface area contributed by atoms with Crippen LogP contribution in [0.2, 0.25) is 0 Å². The van der Waals surface area contributed by atoms with Crippen LogP contribution in [0.5, 0.6) is 0 Å². The Kier molecular flexibility index (Phi) is 3.96. The fourth-order valence-electron chi connectivity index (χ4n) is 5.57. The lowest BCUT2D eigenvalue weighted by molar-refractivity contribution is -0.0197. The molecule has 32 heavy (non-hydrogen) atoms. The smallest absolute Gasteiger partial charge is 0.272 e. The number of nitrogens with one attached hydrogen (secondary N) is 2. The van der Waals surface area contributed by atoms with Crippen LogP contribution in [0, 0.1) is 16.7 Å². The molecule has 2 saturated carbocycles. The number of pyridine rings is 1. The number of aromatic nitrogens is 4. The number of hydrogen-bond donors (Lipinski definition) is 2. The molecular weight excluding hydrogens is 404 g/mol. The van der Waals surface area contributed by atoms with Gasteiger partial charge in [-0.2, -0.15) is 10.4 Å². The second-order valence-corrected chi connectivity index (χ2v) is 9.04. The van der Waals surface area contributed by atoms with Crippen LogP contribution in [0.15, 0.2) is 53.6 Å². The molecule has 0 unspecified atom stereocenters. The average Bonchev–Trinajstić information content (AvgIpc) is 3.20. The fraction of sp³-hybridized carbons (Fsp3) is 0.292. The monoisotopic (exact) mass is 424 g/mol. The molecule has 3 heterocycles. The molecule has 1 aromatic carbocycles. The van der Waals surface area contributed by atoms with E-state index in [0.29, 0.717) is 28.2 Å². The Balaban J connectivity index is 1.12. The third-order valence-electron chi connectivity index (χ3n) is 7.05. The number of benzene rings is 1. The average molecular weight is 424 g/mol. The van der Waals surface area contributed by atoms with Crippen LogP contribution in [0.4, 0.5) is 0 Å². The molecule has 8 heteroatoms. The first-order valence-electron chi connectivity index (χ1n) is 10.7. The molecule has 0 bridgehead atoms. The van der Waals surface area contributed by atoms with Crippen LogP contribution in [-0.4, -0.2) is 31.5 Å². The van der Waals surface area contributed by atoms with Crippen LogP contribution in [0.3, 0.4) is 0 Å². The van der Waals surface area contributed by atoms with Crippen LogP contribution >= 0.6 is 0 Å². The van der Waals surface area contributed by atoms with Crippen molar-refractivity contribution in [1.29, 1.82) is 5.26 Å². The summed E-state index contributed by atoms with van der Waals surface area (Å²) < 4.78 is 1.66. The van der Waals surface area contributed by atoms with Crippen molar-refractivity contribution < 1.29 is 4.79 Å². The number of nitrogens with zero attached hydrogens (tertiary/aromatic N) is 4. The van der Waals surface area contributed by atoms with E-state index in [1.807, 2.05) is 24.3 Å². The summed E-state index contributed by atoms with van der Waals surface area (Å²) in [5, 5.41) is 20.9. The van der Waals surface area contributed by atoms with Crippen molar-refractivity contribution in [2.24, 2.45) is 5.41 Å². The maximum absolute atomic E-state index is 12.8. The van der Waals surface area contributed by atoms with E-state index >= 15 is 0 Å². The molecule has 2 aliphatic carbocycles. The first-order chi connectivity index (χ1) is 15.6. The first-order valence-corrected chi connectivity index (χ1v) is 10.7. The lowest BCUT2D eigenvalue weighted by Crippen LogP contribution is -2.55. The molecule has 158 valence electrons. The van der Waals surface area contributed by atoms with Gasteiger partial charge >= 0.3 is 0 Å². The van der Waals surface area contributed by atoms with Crippen molar-refractivity contribution in [3.05, 3.63) is 76.1 Å². The van der Waals surface area contributed by atoms with Gasteiger partial charge in [0.15, 0.2) is 5.65 Å². The van der Waals surface area contributed by atoms with Gasteiger partial charge in [0.1, 0.15) is 11.8 Å². The SMILES string of the molecule is N#Cc1cccn2c(C(=O)NC3CC4(C3)CC(c3n[nH]c(=O)c5ccccc35)C4)cnc12. The zero-order valence-electron chi connectivity index (χ0n) is 17.2. The summed E-state index contributed by atoms with van der Waals surface area (Å²) in [4.78, 5) is 29.1. The van der Waals surface area contributed by atoms with E-state index < -0.39 is 0 Å². The van der Waals surface area contributed by atoms with Gasteiger partial charge in [0.25, 0.3) is 11.5 Å². The molecule has 0 atom stereocenters. The van der Waals surface area contributed by atoms with Gasteiger partial charge < -0.3 is 5.32 Å². The van der Waals surface area contributed by atoms with Gasteiger partial charge in [-0.1, -0.05) is 18.2 Å². The number of H-pyrrole nitrogens is 1. The van der Waals surface area contributed by atoms with E-state index in [0.717, 1.165) is 36.8 Å². The standard InChI is InChI=1S/C24H20N6O2/c25-12-14-4-3-7-30-19(13-26-21(14)30)23(32)27-16-10-24(11-16)8-15(9-24)20-17-5-1-2-6-18(17)22(31)29-28-20/h1-7,13,15-16H,8-11H2,(H,27,32)(H,29,31). The van der Waals surface area contributed by atoms with Crippen LogP contribution < -0.4 is 10.9 Å². The number of rotatable bonds is 3. The molecule has 2 fully saturated rings. The summed E-state index contributed by atoms with van der Waals surface area (Å²) in [6, 6.07) is 13.3. The summed E-state index contributed by atoms with van der Waals surface area (Å²) in [7, 11) is 0. The van der Waals surface area contributed by atoms with E-state index in [9.17, 15) is 14.9 Å². The van der Waals surface area contributed by atoms with Gasteiger partial charge in [0.2, 0.25) is 0 Å². The number of fused-ring (bicyclic) bond motifs is 2. The lowest BCUT2D eigenvalue weighted by Gasteiger charge is -2.57. The van der Waals surface area contributed by atoms with Crippen molar-refractivity contribution in [3.8, 4) is 6.07 Å². The molecule has 3 aromatic heterocycles. The molecule has 4 aromatic rings. The summed E-state index contributed by atoms with van der Waals surface area (Å²) >= 11 is 0. The van der Waals surface area contributed by atoms with E-state index in [4.69, 9.17) is 0 Å². The second kappa shape index (κ2) is 6.76. The number of nitriles is 1. The van der Waals surface area contributed by atoms with Crippen molar-refractivity contribution in [1.82, 2.24) is 24.9 Å². The highest BCUT2D eigenvalue weighted by Gasteiger charge is 2.54. The third kappa shape index (κ3) is 2.74. The number of aromatic amines is 1. The molecule has 1 amide bonds. The van der Waals surface area contributed by atoms with Gasteiger partial charge in [-0.3, -0.25) is 14.0 Å². The maximum atomic E-state index is 12.8. The summed E-state index contributed by atoms with van der Waals surface area (Å²) in [5.41, 5.74) is 2.44. The van der Waals surface area contributed by atoms with Gasteiger partial charge in [-0.15, -0.1) is 0 Å². The summed E-state index contributed by atoms with van der Waals surface area (Å²) in [6.45, 7) is 0. The van der Waals surface area contributed by atoms with Crippen molar-refractivity contribution >= 4 is 22.3 Å². The highest BCUT2D eigenvalue weighted by molar-refractivity contribution is 5.93. The number of carbonyl (C=O) groups excluding carboxylic acids is 1. The highest BCUT2D eigenvalue weighted by atomic mass is 16.2. The van der Waals surface area contributed by atoms with Crippen LogP contribution in [0.25, 0.3) is 16.4 Å². The minimum absolute atomic E-state index is 0.133. The number of carbonyl (C=O) groups is 1. The number of hydrogen-bond acceptors (Lipinski definition) is 5. The van der Waals surface area contributed by atoms with Crippen molar-refractivity contribution in [2.45, 2.75) is 37.6 Å². The lowest BCUT2D eigenvalue weighted by atomic mass is 9.49. The molecular formula is C24H20N6O2. The fourth-order valence-corrected chi connectivity index (χ4v) is 5.57. The largest absolute Gasteiger partial charge is 0.348 e. The summed E-state index contributed by atoms with van der Waals surface area (Å²) in [5.74, 6) is 0.160. The van der Waals surface area contributed by atoms with Gasteiger partial charge in [-0.25, -0.2) is 10.1 Å². The Hall–Kier alpha value is -3.99. The van der Waals surface area contributed by atoms with Gasteiger partial charge in [0.05, 0.1) is 22.8 Å². The number of amides is 1. The quantitative estimate of drug-likeness (QED) is 0.525. The predicted molar refractivity (Wildman–Crippen MR) is 117 cm³/mol. The Bertz CT molecular complexity index is 1480. The highest BCUT2D eigenvalue weighted by Crippen LogP contribution is 2.62. The van der Waals surface area contributed by atoms with Gasteiger partial charge in [0, 0.05) is 23.5 Å². The maximum Gasteiger partial charge on any atom is 0.272 e. The van der Waals surface area contributed by atoms with Gasteiger partial charge in [-0.05, 0) is 49.3 Å². The topological polar surface area (TPSA) is 116 Å². The predicted octanol–water partition coefficient (Wildman–Crippen LogP) is 2.90. The normalized spacial score (nSPS) is 24.1. The molecule has 6 rings (SSSR count). The molecule has 2 aliphatic rings. The molecule has 0 aliphatic heterocycles. The van der Waals surface area contributed by atoms with Crippen LogP contribution in [0.1, 0.15) is 53.3 Å². The van der Waals surface area contributed by atoms with Crippen molar-refractivity contribution in [2.75, 3.05) is 0 Å². The Morgan fingerprint density at radius 1 is 1.16 bits per heavy atom. The Morgan fingerprint density at radius 2 is 1.94 bits per heavy atom. The third-order valence-corrected chi connectivity index (χ3v) is 7.05. The van der Waals surface area contributed by atoms with E-state index in [-0.39, 0.29) is 22.9 Å². The molecule has 0 saturated heterocycles. The zero-order chi connectivity index (χ0) is 21.9. The van der Waals surface area contributed by atoms with Crippen molar-refractivity contribution in [3.63, 3.8) is 0 Å². The molecule has 1 spiro atoms.